The lowest BCUT2D eigenvalue weighted by atomic mass is 10.3. The molecular formula is C8H16ClN. The lowest BCUT2D eigenvalue weighted by molar-refractivity contribution is 0.609. The van der Waals surface area contributed by atoms with Gasteiger partial charge in [0.05, 0.1) is 0 Å². The molecule has 1 aliphatic carbocycles. The Kier molecular flexibility index (Phi) is 4.15. The number of hydrogen-bond acceptors (Lipinski definition) is 1. The summed E-state index contributed by atoms with van der Waals surface area (Å²) in [5.41, 5.74) is 0. The Morgan fingerprint density at radius 1 is 1.30 bits per heavy atom. The van der Waals surface area contributed by atoms with Crippen molar-refractivity contribution in [2.24, 2.45) is 5.92 Å². The Labute approximate surface area is 68.1 Å². The second-order valence-electron chi connectivity index (χ2n) is 3.02. The van der Waals surface area contributed by atoms with Crippen molar-refractivity contribution in [1.29, 1.82) is 0 Å². The molecule has 0 unspecified atom stereocenters. The van der Waals surface area contributed by atoms with Gasteiger partial charge in [-0.3, -0.25) is 0 Å². The van der Waals surface area contributed by atoms with E-state index in [1.165, 1.54) is 25.8 Å². The van der Waals surface area contributed by atoms with Gasteiger partial charge in [-0.2, -0.15) is 0 Å². The third kappa shape index (κ3) is 4.13. The van der Waals surface area contributed by atoms with Gasteiger partial charge < -0.3 is 5.32 Å². The molecule has 0 spiro atoms. The SMILES string of the molecule is ClCCCNCCC1CC1. The number of nitrogens with one attached hydrogen (secondary N) is 1. The van der Waals surface area contributed by atoms with Crippen LogP contribution < -0.4 is 5.32 Å². The fourth-order valence-corrected chi connectivity index (χ4v) is 1.16. The Morgan fingerprint density at radius 3 is 2.70 bits per heavy atom. The largest absolute Gasteiger partial charge is 0.317 e. The molecule has 0 bridgehead atoms. The molecule has 1 aliphatic rings. The van der Waals surface area contributed by atoms with Crippen molar-refractivity contribution >= 4 is 11.6 Å². The van der Waals surface area contributed by atoms with Crippen molar-refractivity contribution in [3.05, 3.63) is 0 Å². The molecule has 2 heteroatoms. The number of hydrogen-bond donors (Lipinski definition) is 1. The minimum atomic E-state index is 0.788. The number of rotatable bonds is 6. The van der Waals surface area contributed by atoms with E-state index in [-0.39, 0.29) is 0 Å². The summed E-state index contributed by atoms with van der Waals surface area (Å²) in [4.78, 5) is 0. The molecule has 0 heterocycles. The van der Waals surface area contributed by atoms with Gasteiger partial charge in [-0.1, -0.05) is 12.8 Å². The minimum absolute atomic E-state index is 0.788. The average Bonchev–Trinajstić information content (AvgIpc) is 2.71. The minimum Gasteiger partial charge on any atom is -0.317 e. The Hall–Kier alpha value is 0.250. The van der Waals surface area contributed by atoms with Gasteiger partial charge in [0, 0.05) is 5.88 Å². The second kappa shape index (κ2) is 4.97. The van der Waals surface area contributed by atoms with Crippen LogP contribution in [0, 0.1) is 5.92 Å². The first-order chi connectivity index (χ1) is 4.93. The summed E-state index contributed by atoms with van der Waals surface area (Å²) in [6, 6.07) is 0. The zero-order valence-corrected chi connectivity index (χ0v) is 7.16. The second-order valence-corrected chi connectivity index (χ2v) is 3.40. The van der Waals surface area contributed by atoms with Gasteiger partial charge in [0.1, 0.15) is 0 Å². The standard InChI is InChI=1S/C8H16ClN/c9-5-1-6-10-7-4-8-2-3-8/h8,10H,1-7H2. The van der Waals surface area contributed by atoms with Crippen LogP contribution in [0.15, 0.2) is 0 Å². The van der Waals surface area contributed by atoms with E-state index >= 15 is 0 Å². The highest BCUT2D eigenvalue weighted by Crippen LogP contribution is 2.31. The van der Waals surface area contributed by atoms with Gasteiger partial charge in [-0.25, -0.2) is 0 Å². The molecular weight excluding hydrogens is 146 g/mol. The van der Waals surface area contributed by atoms with Gasteiger partial charge in [-0.15, -0.1) is 11.6 Å². The summed E-state index contributed by atoms with van der Waals surface area (Å²) >= 11 is 5.52. The molecule has 1 rings (SSSR count). The molecule has 0 saturated heterocycles. The number of halogens is 1. The van der Waals surface area contributed by atoms with E-state index in [0.717, 1.165) is 24.8 Å². The van der Waals surface area contributed by atoms with Crippen LogP contribution in [-0.2, 0) is 0 Å². The highest BCUT2D eigenvalue weighted by atomic mass is 35.5. The van der Waals surface area contributed by atoms with Crippen molar-refractivity contribution in [1.82, 2.24) is 5.32 Å². The summed E-state index contributed by atoms with van der Waals surface area (Å²) in [5, 5.41) is 3.37. The third-order valence-electron chi connectivity index (χ3n) is 1.91. The Balaban J connectivity index is 1.68. The maximum atomic E-state index is 5.52. The van der Waals surface area contributed by atoms with Crippen molar-refractivity contribution in [2.75, 3.05) is 19.0 Å². The fraction of sp³-hybridized carbons (Fsp3) is 1.00. The van der Waals surface area contributed by atoms with Gasteiger partial charge in [0.2, 0.25) is 0 Å². The van der Waals surface area contributed by atoms with Crippen LogP contribution in [0.2, 0.25) is 0 Å². The molecule has 0 atom stereocenters. The highest BCUT2D eigenvalue weighted by molar-refractivity contribution is 6.17. The molecule has 0 aromatic heterocycles. The van der Waals surface area contributed by atoms with E-state index in [0.29, 0.717) is 0 Å². The molecule has 10 heavy (non-hydrogen) atoms. The summed E-state index contributed by atoms with van der Waals surface area (Å²) < 4.78 is 0. The van der Waals surface area contributed by atoms with Crippen LogP contribution in [-0.4, -0.2) is 19.0 Å². The van der Waals surface area contributed by atoms with E-state index < -0.39 is 0 Å². The van der Waals surface area contributed by atoms with Crippen molar-refractivity contribution in [3.8, 4) is 0 Å². The molecule has 0 amide bonds. The average molecular weight is 162 g/mol. The first kappa shape index (κ1) is 8.35. The van der Waals surface area contributed by atoms with Gasteiger partial charge >= 0.3 is 0 Å². The molecule has 0 radical (unpaired) electrons. The van der Waals surface area contributed by atoms with E-state index in [9.17, 15) is 0 Å². The van der Waals surface area contributed by atoms with E-state index in [2.05, 4.69) is 5.32 Å². The van der Waals surface area contributed by atoms with Crippen LogP contribution in [0.25, 0.3) is 0 Å². The fourth-order valence-electron chi connectivity index (χ4n) is 1.03. The molecule has 1 nitrogen and oxygen atoms in total. The predicted molar refractivity (Wildman–Crippen MR) is 45.5 cm³/mol. The van der Waals surface area contributed by atoms with Crippen LogP contribution in [0.1, 0.15) is 25.7 Å². The van der Waals surface area contributed by atoms with Crippen molar-refractivity contribution < 1.29 is 0 Å². The van der Waals surface area contributed by atoms with Crippen LogP contribution in [0.3, 0.4) is 0 Å². The monoisotopic (exact) mass is 161 g/mol. The molecule has 0 aliphatic heterocycles. The first-order valence-electron chi connectivity index (χ1n) is 4.20. The lowest BCUT2D eigenvalue weighted by Gasteiger charge is -2.00. The zero-order chi connectivity index (χ0) is 7.23. The smallest absolute Gasteiger partial charge is 0.0235 e. The Morgan fingerprint density at radius 2 is 2.10 bits per heavy atom. The molecule has 0 aromatic rings. The lowest BCUT2D eigenvalue weighted by Crippen LogP contribution is -2.17. The Bertz CT molecular complexity index is 81.3. The van der Waals surface area contributed by atoms with E-state index in [1.54, 1.807) is 0 Å². The maximum absolute atomic E-state index is 5.52. The molecule has 1 fully saturated rings. The van der Waals surface area contributed by atoms with Crippen molar-refractivity contribution in [3.63, 3.8) is 0 Å². The molecule has 0 aromatic carbocycles. The number of alkyl halides is 1. The molecule has 1 N–H and O–H groups in total. The quantitative estimate of drug-likeness (QED) is 0.464. The van der Waals surface area contributed by atoms with Crippen LogP contribution >= 0.6 is 11.6 Å². The van der Waals surface area contributed by atoms with Gasteiger partial charge in [-0.05, 0) is 31.8 Å². The van der Waals surface area contributed by atoms with Crippen LogP contribution in [0.5, 0.6) is 0 Å². The molecule has 60 valence electrons. The first-order valence-corrected chi connectivity index (χ1v) is 4.73. The molecule has 1 saturated carbocycles. The summed E-state index contributed by atoms with van der Waals surface area (Å²) in [6.45, 7) is 2.29. The van der Waals surface area contributed by atoms with E-state index in [1.807, 2.05) is 0 Å². The van der Waals surface area contributed by atoms with Gasteiger partial charge in [0.15, 0.2) is 0 Å². The topological polar surface area (TPSA) is 12.0 Å². The van der Waals surface area contributed by atoms with E-state index in [4.69, 9.17) is 11.6 Å². The predicted octanol–water partition coefficient (Wildman–Crippen LogP) is 2.00. The third-order valence-corrected chi connectivity index (χ3v) is 2.18. The summed E-state index contributed by atoms with van der Waals surface area (Å²) in [7, 11) is 0. The normalized spacial score (nSPS) is 17.7. The zero-order valence-electron chi connectivity index (χ0n) is 6.41. The summed E-state index contributed by atoms with van der Waals surface area (Å²) in [5.74, 6) is 1.85. The highest BCUT2D eigenvalue weighted by Gasteiger charge is 2.19. The van der Waals surface area contributed by atoms with Crippen molar-refractivity contribution in [2.45, 2.75) is 25.7 Å². The summed E-state index contributed by atoms with van der Waals surface area (Å²) in [6.07, 6.45) is 5.42. The van der Waals surface area contributed by atoms with Gasteiger partial charge in [0.25, 0.3) is 0 Å². The van der Waals surface area contributed by atoms with Crippen LogP contribution in [0.4, 0.5) is 0 Å². The maximum Gasteiger partial charge on any atom is 0.0235 e.